The summed E-state index contributed by atoms with van der Waals surface area (Å²) < 4.78 is 0. The molecule has 11 heavy (non-hydrogen) atoms. The summed E-state index contributed by atoms with van der Waals surface area (Å²) >= 11 is 0. The first-order chi connectivity index (χ1) is 5.22. The van der Waals surface area contributed by atoms with E-state index in [1.807, 2.05) is 12.2 Å². The summed E-state index contributed by atoms with van der Waals surface area (Å²) in [6.07, 6.45) is 7.37. The van der Waals surface area contributed by atoms with Crippen molar-refractivity contribution in [1.29, 1.82) is 0 Å². The molecule has 0 spiro atoms. The standard InChI is InChI=1S/C7H14.C4H8/c1-4-6-7(3)5-2;1-3-4-2/h4,7H,1,5-6H2,2-3H3;3H,1,4H2,2H3. The summed E-state index contributed by atoms with van der Waals surface area (Å²) in [5, 5.41) is 0. The molecule has 66 valence electrons. The van der Waals surface area contributed by atoms with E-state index in [9.17, 15) is 0 Å². The Morgan fingerprint density at radius 1 is 1.18 bits per heavy atom. The van der Waals surface area contributed by atoms with Crippen molar-refractivity contribution in [3.63, 3.8) is 0 Å². The van der Waals surface area contributed by atoms with Gasteiger partial charge in [0.15, 0.2) is 0 Å². The first kappa shape index (κ1) is 13.1. The van der Waals surface area contributed by atoms with Crippen LogP contribution in [0.1, 0.15) is 40.0 Å². The molecule has 0 aromatic rings. The molecule has 0 aliphatic heterocycles. The zero-order valence-electron chi connectivity index (χ0n) is 8.27. The van der Waals surface area contributed by atoms with Crippen LogP contribution in [0.4, 0.5) is 0 Å². The van der Waals surface area contributed by atoms with E-state index in [4.69, 9.17) is 0 Å². The molecule has 1 unspecified atom stereocenters. The van der Waals surface area contributed by atoms with E-state index in [0.29, 0.717) is 0 Å². The molecule has 0 nitrogen and oxygen atoms in total. The van der Waals surface area contributed by atoms with Gasteiger partial charge in [0.2, 0.25) is 0 Å². The van der Waals surface area contributed by atoms with Gasteiger partial charge < -0.3 is 0 Å². The highest BCUT2D eigenvalue weighted by Crippen LogP contribution is 2.04. The molecule has 0 fully saturated rings. The molecule has 0 aliphatic rings. The number of hydrogen-bond acceptors (Lipinski definition) is 0. The summed E-state index contributed by atoms with van der Waals surface area (Å²) in [6.45, 7) is 13.6. The van der Waals surface area contributed by atoms with Gasteiger partial charge in [-0.1, -0.05) is 39.3 Å². The van der Waals surface area contributed by atoms with Crippen molar-refractivity contribution in [3.8, 4) is 0 Å². The van der Waals surface area contributed by atoms with Crippen LogP contribution in [0.2, 0.25) is 0 Å². The van der Waals surface area contributed by atoms with Crippen molar-refractivity contribution in [2.24, 2.45) is 5.92 Å². The van der Waals surface area contributed by atoms with Gasteiger partial charge in [-0.3, -0.25) is 0 Å². The van der Waals surface area contributed by atoms with Gasteiger partial charge in [0.05, 0.1) is 0 Å². The topological polar surface area (TPSA) is 0 Å². The van der Waals surface area contributed by atoms with Crippen LogP contribution >= 0.6 is 0 Å². The first-order valence-electron chi connectivity index (χ1n) is 4.44. The van der Waals surface area contributed by atoms with Crippen molar-refractivity contribution in [2.45, 2.75) is 40.0 Å². The Kier molecular flexibility index (Phi) is 14.5. The quantitative estimate of drug-likeness (QED) is 0.533. The number of allylic oxidation sites excluding steroid dienone is 2. The molecule has 0 saturated carbocycles. The van der Waals surface area contributed by atoms with Gasteiger partial charge in [-0.2, -0.15) is 0 Å². The van der Waals surface area contributed by atoms with Crippen LogP contribution in [-0.4, -0.2) is 0 Å². The van der Waals surface area contributed by atoms with Gasteiger partial charge in [-0.05, 0) is 18.8 Å². The van der Waals surface area contributed by atoms with Crippen molar-refractivity contribution >= 4 is 0 Å². The molecule has 0 rings (SSSR count). The fourth-order valence-electron chi connectivity index (χ4n) is 0.451. The zero-order valence-corrected chi connectivity index (χ0v) is 8.27. The number of rotatable bonds is 4. The van der Waals surface area contributed by atoms with Crippen LogP contribution in [0.15, 0.2) is 25.3 Å². The second kappa shape index (κ2) is 12.2. The smallest absolute Gasteiger partial charge is 0.0328 e. The SMILES string of the molecule is C=CCC.C=CCC(C)CC. The number of hydrogen-bond donors (Lipinski definition) is 0. The van der Waals surface area contributed by atoms with Crippen LogP contribution in [0.3, 0.4) is 0 Å². The summed E-state index contributed by atoms with van der Waals surface area (Å²) in [5.74, 6) is 0.831. The monoisotopic (exact) mass is 154 g/mol. The predicted octanol–water partition coefficient (Wildman–Crippen LogP) is 4.19. The van der Waals surface area contributed by atoms with Crippen molar-refractivity contribution in [2.75, 3.05) is 0 Å². The Balaban J connectivity index is 0. The second-order valence-electron chi connectivity index (χ2n) is 2.73. The van der Waals surface area contributed by atoms with E-state index in [2.05, 4.69) is 33.9 Å². The van der Waals surface area contributed by atoms with Crippen LogP contribution < -0.4 is 0 Å². The van der Waals surface area contributed by atoms with Gasteiger partial charge in [-0.25, -0.2) is 0 Å². The van der Waals surface area contributed by atoms with Crippen molar-refractivity contribution in [3.05, 3.63) is 25.3 Å². The fourth-order valence-corrected chi connectivity index (χ4v) is 0.451. The highest BCUT2D eigenvalue weighted by Gasteiger charge is 1.90. The Morgan fingerprint density at radius 3 is 1.73 bits per heavy atom. The Hall–Kier alpha value is -0.520. The molecule has 0 N–H and O–H groups in total. The lowest BCUT2D eigenvalue weighted by atomic mass is 10.1. The Bertz CT molecular complexity index is 82.0. The molecule has 0 heteroatoms. The van der Waals surface area contributed by atoms with Gasteiger partial charge in [0, 0.05) is 0 Å². The molecule has 0 aromatic carbocycles. The lowest BCUT2D eigenvalue weighted by molar-refractivity contribution is 0.572. The molecule has 0 heterocycles. The highest BCUT2D eigenvalue weighted by molar-refractivity contribution is 4.68. The largest absolute Gasteiger partial charge is 0.103 e. The highest BCUT2D eigenvalue weighted by atomic mass is 14.0. The lowest BCUT2D eigenvalue weighted by Crippen LogP contribution is -1.86. The molecule has 0 aliphatic carbocycles. The molecule has 1 atom stereocenters. The molecule has 0 amide bonds. The predicted molar refractivity (Wildman–Crippen MR) is 54.8 cm³/mol. The second-order valence-corrected chi connectivity index (χ2v) is 2.73. The minimum absolute atomic E-state index is 0.831. The third kappa shape index (κ3) is 17.7. The minimum Gasteiger partial charge on any atom is -0.103 e. The molecular formula is C11H22. The molecule has 0 aromatic heterocycles. The third-order valence-corrected chi connectivity index (χ3v) is 1.55. The van der Waals surface area contributed by atoms with Crippen LogP contribution in [0.25, 0.3) is 0 Å². The van der Waals surface area contributed by atoms with E-state index in [0.717, 1.165) is 18.8 Å². The Morgan fingerprint density at radius 2 is 1.64 bits per heavy atom. The maximum Gasteiger partial charge on any atom is -0.0328 e. The van der Waals surface area contributed by atoms with Gasteiger partial charge in [-0.15, -0.1) is 13.2 Å². The zero-order chi connectivity index (χ0) is 9.11. The van der Waals surface area contributed by atoms with Crippen molar-refractivity contribution in [1.82, 2.24) is 0 Å². The van der Waals surface area contributed by atoms with E-state index >= 15 is 0 Å². The normalized spacial score (nSPS) is 10.8. The van der Waals surface area contributed by atoms with E-state index < -0.39 is 0 Å². The molecule has 0 saturated heterocycles. The summed E-state index contributed by atoms with van der Waals surface area (Å²) in [5.41, 5.74) is 0. The average Bonchev–Trinajstić information content (AvgIpc) is 2.05. The summed E-state index contributed by atoms with van der Waals surface area (Å²) in [6, 6.07) is 0. The fraction of sp³-hybridized carbons (Fsp3) is 0.636. The van der Waals surface area contributed by atoms with Crippen LogP contribution in [0, 0.1) is 5.92 Å². The third-order valence-electron chi connectivity index (χ3n) is 1.55. The van der Waals surface area contributed by atoms with Crippen molar-refractivity contribution < 1.29 is 0 Å². The van der Waals surface area contributed by atoms with E-state index in [1.54, 1.807) is 0 Å². The summed E-state index contributed by atoms with van der Waals surface area (Å²) in [4.78, 5) is 0. The van der Waals surface area contributed by atoms with Gasteiger partial charge in [0.25, 0.3) is 0 Å². The Labute approximate surface area is 72.0 Å². The van der Waals surface area contributed by atoms with Crippen LogP contribution in [-0.2, 0) is 0 Å². The van der Waals surface area contributed by atoms with Gasteiger partial charge in [0.1, 0.15) is 0 Å². The van der Waals surface area contributed by atoms with E-state index in [-0.39, 0.29) is 0 Å². The first-order valence-corrected chi connectivity index (χ1v) is 4.44. The van der Waals surface area contributed by atoms with Crippen LogP contribution in [0.5, 0.6) is 0 Å². The average molecular weight is 154 g/mol. The minimum atomic E-state index is 0.831. The lowest BCUT2D eigenvalue weighted by Gasteiger charge is -2.00. The summed E-state index contributed by atoms with van der Waals surface area (Å²) in [7, 11) is 0. The molecular weight excluding hydrogens is 132 g/mol. The maximum atomic E-state index is 3.65. The molecule has 0 bridgehead atoms. The maximum absolute atomic E-state index is 3.65. The molecule has 0 radical (unpaired) electrons. The van der Waals surface area contributed by atoms with E-state index in [1.165, 1.54) is 6.42 Å². The van der Waals surface area contributed by atoms with Gasteiger partial charge >= 0.3 is 0 Å².